The molecule has 9 heteroatoms. The summed E-state index contributed by atoms with van der Waals surface area (Å²) in [6.45, 7) is 5.24. The fourth-order valence-electron chi connectivity index (χ4n) is 3.17. The minimum Gasteiger partial charge on any atom is -0.339 e. The predicted molar refractivity (Wildman–Crippen MR) is 130 cm³/mol. The zero-order chi connectivity index (χ0) is 25.1. The van der Waals surface area contributed by atoms with Gasteiger partial charge >= 0.3 is 0 Å². The second kappa shape index (κ2) is 13.1. The van der Waals surface area contributed by atoms with Gasteiger partial charge in [-0.25, -0.2) is 5.48 Å². The van der Waals surface area contributed by atoms with E-state index in [0.29, 0.717) is 29.3 Å². The van der Waals surface area contributed by atoms with Crippen LogP contribution in [0.3, 0.4) is 0 Å². The third-order valence-corrected chi connectivity index (χ3v) is 4.72. The molecule has 0 saturated carbocycles. The van der Waals surface area contributed by atoms with Crippen molar-refractivity contribution in [2.24, 2.45) is 11.7 Å². The van der Waals surface area contributed by atoms with Crippen molar-refractivity contribution in [3.8, 4) is 11.8 Å². The largest absolute Gasteiger partial charge is 0.339 e. The molecule has 180 valence electrons. The molecule has 1 atom stereocenters. The molecule has 0 spiro atoms. The Balaban J connectivity index is 1.94. The van der Waals surface area contributed by atoms with E-state index in [2.05, 4.69) is 36.3 Å². The second-order valence-electron chi connectivity index (χ2n) is 8.28. The van der Waals surface area contributed by atoms with Crippen molar-refractivity contribution in [1.29, 1.82) is 0 Å². The lowest BCUT2D eigenvalue weighted by Gasteiger charge is -2.18. The molecule has 0 fully saturated rings. The Morgan fingerprint density at radius 3 is 2.06 bits per heavy atom. The standard InChI is InChI=1S/C25H31N5O4/c1-17(2)15-30(3)16-23(31)27-21-12-8-19(9-13-21)5-4-18-6-10-20(11-7-18)24(32)28-22(14-26)25(33)29-34/h6-13,17,22,34H,14-16,26H2,1-3H3,(H,27,31)(H,28,32)(H,29,33)/t22-/m0/s1. The maximum Gasteiger partial charge on any atom is 0.267 e. The van der Waals surface area contributed by atoms with Gasteiger partial charge in [-0.3, -0.25) is 24.5 Å². The minimum absolute atomic E-state index is 0.0686. The van der Waals surface area contributed by atoms with Crippen molar-refractivity contribution in [2.75, 3.05) is 32.0 Å². The molecule has 0 saturated heterocycles. The summed E-state index contributed by atoms with van der Waals surface area (Å²) in [7, 11) is 1.92. The molecule has 0 bridgehead atoms. The van der Waals surface area contributed by atoms with Gasteiger partial charge in [0.1, 0.15) is 6.04 Å². The Labute approximate surface area is 199 Å². The monoisotopic (exact) mass is 465 g/mol. The summed E-state index contributed by atoms with van der Waals surface area (Å²) in [6.07, 6.45) is 0. The lowest BCUT2D eigenvalue weighted by Crippen LogP contribution is -2.50. The number of nitrogens with zero attached hydrogens (tertiary/aromatic N) is 1. The number of likely N-dealkylation sites (N-methyl/N-ethyl adjacent to an activating group) is 1. The normalized spacial score (nSPS) is 11.4. The van der Waals surface area contributed by atoms with E-state index < -0.39 is 17.9 Å². The Hall–Kier alpha value is -3.71. The van der Waals surface area contributed by atoms with E-state index in [0.717, 1.165) is 12.1 Å². The summed E-state index contributed by atoms with van der Waals surface area (Å²) in [4.78, 5) is 37.8. The molecule has 0 aromatic heterocycles. The number of nitrogens with one attached hydrogen (secondary N) is 3. The molecule has 9 nitrogen and oxygen atoms in total. The topological polar surface area (TPSA) is 137 Å². The summed E-state index contributed by atoms with van der Waals surface area (Å²) in [6, 6.07) is 12.7. The van der Waals surface area contributed by atoms with Crippen molar-refractivity contribution in [1.82, 2.24) is 15.7 Å². The van der Waals surface area contributed by atoms with E-state index in [1.807, 2.05) is 24.1 Å². The van der Waals surface area contributed by atoms with Gasteiger partial charge in [-0.15, -0.1) is 0 Å². The Morgan fingerprint density at radius 2 is 1.56 bits per heavy atom. The number of rotatable bonds is 9. The van der Waals surface area contributed by atoms with Crippen molar-refractivity contribution in [3.05, 3.63) is 65.2 Å². The van der Waals surface area contributed by atoms with Gasteiger partial charge in [0.25, 0.3) is 11.8 Å². The average molecular weight is 466 g/mol. The summed E-state index contributed by atoms with van der Waals surface area (Å²) < 4.78 is 0. The maximum absolute atomic E-state index is 12.2. The molecule has 3 amide bonds. The van der Waals surface area contributed by atoms with Crippen LogP contribution in [0.25, 0.3) is 0 Å². The Morgan fingerprint density at radius 1 is 1.00 bits per heavy atom. The second-order valence-corrected chi connectivity index (χ2v) is 8.28. The Kier molecular flexibility index (Phi) is 10.2. The van der Waals surface area contributed by atoms with Crippen LogP contribution in [0.5, 0.6) is 0 Å². The number of anilines is 1. The number of amides is 3. The maximum atomic E-state index is 12.2. The number of carbonyl (C=O) groups is 3. The molecular formula is C25H31N5O4. The molecule has 2 aromatic rings. The number of hydroxylamine groups is 1. The number of hydrogen-bond donors (Lipinski definition) is 5. The number of benzene rings is 2. The van der Waals surface area contributed by atoms with Crippen LogP contribution in [0.15, 0.2) is 48.5 Å². The highest BCUT2D eigenvalue weighted by Gasteiger charge is 2.19. The highest BCUT2D eigenvalue weighted by atomic mass is 16.5. The third-order valence-electron chi connectivity index (χ3n) is 4.72. The quantitative estimate of drug-likeness (QED) is 0.214. The van der Waals surface area contributed by atoms with Gasteiger partial charge in [0.2, 0.25) is 5.91 Å². The fourth-order valence-corrected chi connectivity index (χ4v) is 3.17. The summed E-state index contributed by atoms with van der Waals surface area (Å²) in [5.74, 6) is 5.20. The summed E-state index contributed by atoms with van der Waals surface area (Å²) in [5.41, 5.74) is 9.41. The van der Waals surface area contributed by atoms with Crippen LogP contribution < -0.4 is 21.8 Å². The van der Waals surface area contributed by atoms with E-state index in [4.69, 9.17) is 10.9 Å². The van der Waals surface area contributed by atoms with Gasteiger partial charge < -0.3 is 16.4 Å². The SMILES string of the molecule is CC(C)CN(C)CC(=O)Nc1ccc(C#Cc2ccc(C(=O)N[C@@H](CN)C(=O)NO)cc2)cc1. The van der Waals surface area contributed by atoms with Crippen molar-refractivity contribution in [2.45, 2.75) is 19.9 Å². The lowest BCUT2D eigenvalue weighted by molar-refractivity contribution is -0.130. The van der Waals surface area contributed by atoms with E-state index in [1.165, 1.54) is 5.48 Å². The molecule has 6 N–H and O–H groups in total. The molecule has 0 aliphatic carbocycles. The first-order chi connectivity index (χ1) is 16.2. The van der Waals surface area contributed by atoms with Crippen molar-refractivity contribution < 1.29 is 19.6 Å². The van der Waals surface area contributed by atoms with E-state index in [1.54, 1.807) is 36.4 Å². The molecule has 2 aromatic carbocycles. The van der Waals surface area contributed by atoms with Crippen LogP contribution in [0.4, 0.5) is 5.69 Å². The number of hydrogen-bond acceptors (Lipinski definition) is 6. The predicted octanol–water partition coefficient (Wildman–Crippen LogP) is 1.18. The molecular weight excluding hydrogens is 434 g/mol. The molecule has 0 heterocycles. The van der Waals surface area contributed by atoms with Crippen LogP contribution >= 0.6 is 0 Å². The van der Waals surface area contributed by atoms with Gasteiger partial charge in [-0.05, 0) is 61.5 Å². The highest BCUT2D eigenvalue weighted by molar-refractivity contribution is 5.97. The van der Waals surface area contributed by atoms with Crippen molar-refractivity contribution >= 4 is 23.4 Å². The van der Waals surface area contributed by atoms with Crippen molar-refractivity contribution in [3.63, 3.8) is 0 Å². The molecule has 0 aliphatic heterocycles. The molecule has 0 unspecified atom stereocenters. The average Bonchev–Trinajstić information content (AvgIpc) is 2.81. The molecule has 2 rings (SSSR count). The van der Waals surface area contributed by atoms with E-state index in [9.17, 15) is 14.4 Å². The smallest absolute Gasteiger partial charge is 0.267 e. The lowest BCUT2D eigenvalue weighted by atomic mass is 10.1. The minimum atomic E-state index is -1.04. The first kappa shape index (κ1) is 26.5. The molecule has 34 heavy (non-hydrogen) atoms. The van der Waals surface area contributed by atoms with Gasteiger partial charge in [0, 0.05) is 35.5 Å². The fraction of sp³-hybridized carbons (Fsp3) is 0.320. The zero-order valence-corrected chi connectivity index (χ0v) is 19.6. The van der Waals surface area contributed by atoms with Gasteiger partial charge in [-0.1, -0.05) is 25.7 Å². The molecule has 0 radical (unpaired) electrons. The first-order valence-electron chi connectivity index (χ1n) is 10.9. The van der Waals surface area contributed by atoms with Gasteiger partial charge in [0.05, 0.1) is 6.54 Å². The Bertz CT molecular complexity index is 1040. The number of nitrogens with two attached hydrogens (primary N) is 1. The van der Waals surface area contributed by atoms with E-state index >= 15 is 0 Å². The summed E-state index contributed by atoms with van der Waals surface area (Å²) >= 11 is 0. The van der Waals surface area contributed by atoms with Crippen LogP contribution in [0.1, 0.15) is 35.3 Å². The van der Waals surface area contributed by atoms with Gasteiger partial charge in [0.15, 0.2) is 0 Å². The number of carbonyl (C=O) groups excluding carboxylic acids is 3. The van der Waals surface area contributed by atoms with Gasteiger partial charge in [-0.2, -0.15) is 0 Å². The molecule has 0 aliphatic rings. The van der Waals surface area contributed by atoms with Crippen LogP contribution in [0.2, 0.25) is 0 Å². The first-order valence-corrected chi connectivity index (χ1v) is 10.9. The highest BCUT2D eigenvalue weighted by Crippen LogP contribution is 2.10. The zero-order valence-electron chi connectivity index (χ0n) is 19.6. The third kappa shape index (κ3) is 8.67. The van der Waals surface area contributed by atoms with Crippen LogP contribution in [0, 0.1) is 17.8 Å². The van der Waals surface area contributed by atoms with Crippen LogP contribution in [-0.2, 0) is 9.59 Å². The van der Waals surface area contributed by atoms with Crippen LogP contribution in [-0.4, -0.2) is 60.6 Å². The summed E-state index contributed by atoms with van der Waals surface area (Å²) in [5, 5.41) is 14.0. The van der Waals surface area contributed by atoms with E-state index in [-0.39, 0.29) is 12.5 Å².